The maximum absolute atomic E-state index is 12.7. The number of aliphatic hydroxyl groups is 1. The van der Waals surface area contributed by atoms with Gasteiger partial charge in [0.2, 0.25) is 0 Å². The van der Waals surface area contributed by atoms with Crippen LogP contribution in [0.15, 0.2) is 53.6 Å². The van der Waals surface area contributed by atoms with E-state index in [0.29, 0.717) is 35.7 Å². The second kappa shape index (κ2) is 11.4. The SMILES string of the molecule is CC(=O)O[C@H](CC[C@@H](C)[C@H]1CC[C@H]2C3=CC=C4C[C@@H](OC(=O)c5ccccc5)CC[C@]4(C)[C@H]3CC[C@]12C)C(C)(C)O. The van der Waals surface area contributed by atoms with Gasteiger partial charge in [-0.2, -0.15) is 0 Å². The van der Waals surface area contributed by atoms with Crippen LogP contribution in [0.4, 0.5) is 0 Å². The number of carbonyl (C=O) groups is 2. The van der Waals surface area contributed by atoms with Crippen molar-refractivity contribution < 1.29 is 24.2 Å². The van der Waals surface area contributed by atoms with Crippen molar-refractivity contribution in [3.05, 3.63) is 59.2 Å². The van der Waals surface area contributed by atoms with Crippen molar-refractivity contribution in [3.8, 4) is 0 Å². The van der Waals surface area contributed by atoms with Crippen molar-refractivity contribution in [2.45, 2.75) is 117 Å². The molecule has 3 fully saturated rings. The molecule has 0 unspecified atom stereocenters. The number of benzene rings is 1. The number of hydrogen-bond acceptors (Lipinski definition) is 5. The molecule has 4 aliphatic carbocycles. The Morgan fingerprint density at radius 1 is 1.00 bits per heavy atom. The zero-order chi connectivity index (χ0) is 29.6. The highest BCUT2D eigenvalue weighted by molar-refractivity contribution is 5.89. The zero-order valence-electron chi connectivity index (χ0n) is 25.9. The largest absolute Gasteiger partial charge is 0.460 e. The summed E-state index contributed by atoms with van der Waals surface area (Å²) in [6.45, 7) is 12.3. The molecule has 0 radical (unpaired) electrons. The summed E-state index contributed by atoms with van der Waals surface area (Å²) < 4.78 is 11.5. The van der Waals surface area contributed by atoms with E-state index >= 15 is 0 Å². The second-order valence-corrected chi connectivity index (χ2v) is 14.6. The van der Waals surface area contributed by atoms with Gasteiger partial charge in [-0.3, -0.25) is 4.79 Å². The van der Waals surface area contributed by atoms with Crippen molar-refractivity contribution in [3.63, 3.8) is 0 Å². The first-order valence-corrected chi connectivity index (χ1v) is 15.9. The van der Waals surface area contributed by atoms with Crippen LogP contribution in [-0.2, 0) is 14.3 Å². The van der Waals surface area contributed by atoms with E-state index in [1.165, 1.54) is 38.2 Å². The molecule has 1 aromatic rings. The van der Waals surface area contributed by atoms with Crippen molar-refractivity contribution >= 4 is 11.9 Å². The molecule has 5 nitrogen and oxygen atoms in total. The van der Waals surface area contributed by atoms with Gasteiger partial charge < -0.3 is 14.6 Å². The predicted octanol–water partition coefficient (Wildman–Crippen LogP) is 7.83. The maximum Gasteiger partial charge on any atom is 0.338 e. The third kappa shape index (κ3) is 5.81. The molecule has 5 rings (SSSR count). The molecule has 8 atom stereocenters. The molecule has 41 heavy (non-hydrogen) atoms. The highest BCUT2D eigenvalue weighted by Gasteiger charge is 2.57. The Hall–Kier alpha value is -2.40. The van der Waals surface area contributed by atoms with Crippen LogP contribution in [0, 0.1) is 34.5 Å². The Labute approximate surface area is 246 Å². The van der Waals surface area contributed by atoms with Crippen LogP contribution in [0.3, 0.4) is 0 Å². The summed E-state index contributed by atoms with van der Waals surface area (Å²) in [6.07, 6.45) is 13.7. The summed E-state index contributed by atoms with van der Waals surface area (Å²) >= 11 is 0. The number of esters is 2. The minimum Gasteiger partial charge on any atom is -0.460 e. The summed E-state index contributed by atoms with van der Waals surface area (Å²) in [4.78, 5) is 24.4. The monoisotopic (exact) mass is 562 g/mol. The summed E-state index contributed by atoms with van der Waals surface area (Å²) in [5, 5.41) is 10.6. The van der Waals surface area contributed by atoms with Gasteiger partial charge in [-0.15, -0.1) is 0 Å². The Morgan fingerprint density at radius 3 is 2.41 bits per heavy atom. The molecule has 0 bridgehead atoms. The number of carbonyl (C=O) groups excluding carboxylic acids is 2. The standard InChI is InChI=1S/C36H50O5/c1-23(12-17-32(34(3,4)39)40-24(2)37)29-15-16-30-28-14-13-26-22-27(41-33(38)25-10-8-7-9-11-25)18-20-35(26,5)31(28)19-21-36(29,30)6/h7-11,13-14,23,27,29-32,39H,12,15-22H2,1-6H3/t23-,27+,29-,30+,31+,32-,35+,36-/m1/s1. The highest BCUT2D eigenvalue weighted by atomic mass is 16.6. The van der Waals surface area contributed by atoms with Gasteiger partial charge in [0.1, 0.15) is 12.2 Å². The number of allylic oxidation sites excluding steroid dienone is 3. The van der Waals surface area contributed by atoms with Gasteiger partial charge in [-0.1, -0.05) is 62.3 Å². The molecule has 0 amide bonds. The van der Waals surface area contributed by atoms with Crippen molar-refractivity contribution in [2.24, 2.45) is 34.5 Å². The first-order valence-electron chi connectivity index (χ1n) is 15.9. The van der Waals surface area contributed by atoms with Crippen molar-refractivity contribution in [1.82, 2.24) is 0 Å². The minimum absolute atomic E-state index is 0.0535. The maximum atomic E-state index is 12.7. The van der Waals surface area contributed by atoms with Gasteiger partial charge in [0, 0.05) is 13.3 Å². The topological polar surface area (TPSA) is 72.8 Å². The van der Waals surface area contributed by atoms with E-state index < -0.39 is 11.7 Å². The fourth-order valence-electron chi connectivity index (χ4n) is 9.21. The molecule has 0 aliphatic heterocycles. The van der Waals surface area contributed by atoms with Crippen LogP contribution in [0.2, 0.25) is 0 Å². The third-order valence-corrected chi connectivity index (χ3v) is 11.5. The first kappa shape index (κ1) is 30.1. The lowest BCUT2D eigenvalue weighted by atomic mass is 9.50. The Bertz CT molecular complexity index is 1190. The third-order valence-electron chi connectivity index (χ3n) is 11.5. The lowest BCUT2D eigenvalue weighted by Crippen LogP contribution is -2.47. The van der Waals surface area contributed by atoms with E-state index in [4.69, 9.17) is 9.47 Å². The lowest BCUT2D eigenvalue weighted by molar-refractivity contribution is -0.160. The zero-order valence-corrected chi connectivity index (χ0v) is 25.9. The number of hydrogen-bond donors (Lipinski definition) is 1. The second-order valence-electron chi connectivity index (χ2n) is 14.6. The minimum atomic E-state index is -1.04. The Balaban J connectivity index is 1.27. The summed E-state index contributed by atoms with van der Waals surface area (Å²) in [7, 11) is 0. The quantitative estimate of drug-likeness (QED) is 0.327. The molecular weight excluding hydrogens is 512 g/mol. The van der Waals surface area contributed by atoms with Gasteiger partial charge in [-0.25, -0.2) is 4.79 Å². The molecule has 5 heteroatoms. The number of ether oxygens (including phenoxy) is 2. The Morgan fingerprint density at radius 2 is 1.73 bits per heavy atom. The smallest absolute Gasteiger partial charge is 0.338 e. The van der Waals surface area contributed by atoms with Gasteiger partial charge in [0.15, 0.2) is 0 Å². The fourth-order valence-corrected chi connectivity index (χ4v) is 9.21. The van der Waals surface area contributed by atoms with Crippen molar-refractivity contribution in [2.75, 3.05) is 0 Å². The van der Waals surface area contributed by atoms with E-state index in [2.05, 4.69) is 32.9 Å². The molecule has 0 spiro atoms. The van der Waals surface area contributed by atoms with E-state index in [9.17, 15) is 14.7 Å². The molecule has 4 aliphatic rings. The molecule has 0 saturated heterocycles. The van der Waals surface area contributed by atoms with Crippen LogP contribution in [0.25, 0.3) is 0 Å². The molecular formula is C36H50O5. The van der Waals surface area contributed by atoms with Gasteiger partial charge in [-0.05, 0) is 112 Å². The molecule has 0 heterocycles. The normalized spacial score (nSPS) is 34.2. The predicted molar refractivity (Wildman–Crippen MR) is 161 cm³/mol. The van der Waals surface area contributed by atoms with Gasteiger partial charge >= 0.3 is 11.9 Å². The van der Waals surface area contributed by atoms with E-state index in [1.54, 1.807) is 19.4 Å². The first-order chi connectivity index (χ1) is 19.3. The Kier molecular flexibility index (Phi) is 8.33. The average molecular weight is 563 g/mol. The van der Waals surface area contributed by atoms with E-state index in [0.717, 1.165) is 25.7 Å². The molecule has 224 valence electrons. The van der Waals surface area contributed by atoms with Crippen LogP contribution in [0.1, 0.15) is 110 Å². The van der Waals surface area contributed by atoms with Crippen LogP contribution in [0.5, 0.6) is 0 Å². The number of rotatable bonds is 8. The average Bonchev–Trinajstić information content (AvgIpc) is 3.28. The van der Waals surface area contributed by atoms with E-state index in [-0.39, 0.29) is 28.9 Å². The number of fused-ring (bicyclic) bond motifs is 5. The summed E-state index contributed by atoms with van der Waals surface area (Å²) in [6, 6.07) is 9.33. The molecule has 0 aromatic heterocycles. The van der Waals surface area contributed by atoms with Crippen LogP contribution < -0.4 is 0 Å². The summed E-state index contributed by atoms with van der Waals surface area (Å²) in [5.41, 5.74) is 3.12. The van der Waals surface area contributed by atoms with Crippen LogP contribution in [-0.4, -0.2) is 34.9 Å². The van der Waals surface area contributed by atoms with Gasteiger partial charge in [0.25, 0.3) is 0 Å². The van der Waals surface area contributed by atoms with E-state index in [1.807, 2.05) is 30.3 Å². The molecule has 1 N–H and O–H groups in total. The van der Waals surface area contributed by atoms with Crippen molar-refractivity contribution in [1.29, 1.82) is 0 Å². The molecule has 3 saturated carbocycles. The molecule has 1 aromatic carbocycles. The van der Waals surface area contributed by atoms with Crippen LogP contribution >= 0.6 is 0 Å². The fraction of sp³-hybridized carbons (Fsp3) is 0.667. The highest BCUT2D eigenvalue weighted by Crippen LogP contribution is 2.66. The van der Waals surface area contributed by atoms with Gasteiger partial charge in [0.05, 0.1) is 11.2 Å². The summed E-state index contributed by atoms with van der Waals surface area (Å²) in [5.74, 6) is 1.76. The lowest BCUT2D eigenvalue weighted by Gasteiger charge is -2.55.